The first-order chi connectivity index (χ1) is 12.7. The molecule has 0 spiro atoms. The molecule has 0 aromatic carbocycles. The van der Waals surface area contributed by atoms with Gasteiger partial charge in [0, 0.05) is 30.6 Å². The number of nitrogens with zero attached hydrogens (tertiary/aromatic N) is 5. The number of imidazole rings is 1. The monoisotopic (exact) mass is 370 g/mol. The van der Waals surface area contributed by atoms with Crippen LogP contribution >= 0.6 is 11.6 Å². The molecule has 134 valence electrons. The molecular weight excluding hydrogens is 352 g/mol. The standard InChI is InChI=1S/C18H19ClN6O/c1-2-13-12(4-3-6-20-13)9-25-11-21-14-10-24(7-5-15(14)25)16-8-22-23-18(26)17(16)19/h3-4,6,8,11H,2,5,7,9-10H2,1H3,(H,23,26). The summed E-state index contributed by atoms with van der Waals surface area (Å²) in [6.45, 7) is 4.26. The van der Waals surface area contributed by atoms with Gasteiger partial charge in [0.25, 0.3) is 5.56 Å². The second-order valence-corrected chi connectivity index (χ2v) is 6.68. The minimum Gasteiger partial charge on any atom is -0.362 e. The van der Waals surface area contributed by atoms with E-state index in [-0.39, 0.29) is 10.6 Å². The van der Waals surface area contributed by atoms with E-state index in [4.69, 9.17) is 11.6 Å². The summed E-state index contributed by atoms with van der Waals surface area (Å²) < 4.78 is 2.19. The second kappa shape index (κ2) is 6.92. The molecule has 0 amide bonds. The molecule has 7 nitrogen and oxygen atoms in total. The highest BCUT2D eigenvalue weighted by Crippen LogP contribution is 2.27. The van der Waals surface area contributed by atoms with Crippen LogP contribution in [0.4, 0.5) is 5.69 Å². The highest BCUT2D eigenvalue weighted by molar-refractivity contribution is 6.32. The number of nitrogens with one attached hydrogen (secondary N) is 1. The molecule has 0 radical (unpaired) electrons. The Balaban J connectivity index is 1.59. The van der Waals surface area contributed by atoms with Gasteiger partial charge in [0.2, 0.25) is 0 Å². The van der Waals surface area contributed by atoms with Gasteiger partial charge in [-0.1, -0.05) is 24.6 Å². The lowest BCUT2D eigenvalue weighted by atomic mass is 10.1. The van der Waals surface area contributed by atoms with Crippen LogP contribution in [0.15, 0.2) is 35.6 Å². The van der Waals surface area contributed by atoms with Crippen molar-refractivity contribution in [3.8, 4) is 0 Å². The van der Waals surface area contributed by atoms with Gasteiger partial charge < -0.3 is 9.47 Å². The average Bonchev–Trinajstić information content (AvgIpc) is 3.06. The van der Waals surface area contributed by atoms with Crippen LogP contribution < -0.4 is 10.5 Å². The van der Waals surface area contributed by atoms with Crippen molar-refractivity contribution in [2.24, 2.45) is 0 Å². The summed E-state index contributed by atoms with van der Waals surface area (Å²) in [5, 5.41) is 6.38. The number of hydrogen-bond acceptors (Lipinski definition) is 5. The molecule has 0 bridgehead atoms. The first-order valence-electron chi connectivity index (χ1n) is 8.61. The molecule has 0 saturated heterocycles. The smallest absolute Gasteiger partial charge is 0.285 e. The molecule has 1 aliphatic heterocycles. The van der Waals surface area contributed by atoms with Gasteiger partial charge in [-0.25, -0.2) is 10.1 Å². The summed E-state index contributed by atoms with van der Waals surface area (Å²) >= 11 is 6.14. The second-order valence-electron chi connectivity index (χ2n) is 6.30. The first kappa shape index (κ1) is 16.8. The Morgan fingerprint density at radius 3 is 3.08 bits per heavy atom. The van der Waals surface area contributed by atoms with Crippen LogP contribution in [0.25, 0.3) is 0 Å². The minimum absolute atomic E-state index is 0.172. The molecule has 26 heavy (non-hydrogen) atoms. The lowest BCUT2D eigenvalue weighted by Gasteiger charge is -2.29. The van der Waals surface area contributed by atoms with Crippen molar-refractivity contribution in [2.75, 3.05) is 11.4 Å². The van der Waals surface area contributed by atoms with E-state index >= 15 is 0 Å². The Kier molecular flexibility index (Phi) is 4.46. The number of aromatic nitrogens is 5. The van der Waals surface area contributed by atoms with E-state index in [9.17, 15) is 4.79 Å². The highest BCUT2D eigenvalue weighted by atomic mass is 35.5. The summed E-state index contributed by atoms with van der Waals surface area (Å²) in [7, 11) is 0. The van der Waals surface area contributed by atoms with Gasteiger partial charge in [-0.2, -0.15) is 5.10 Å². The number of anilines is 1. The van der Waals surface area contributed by atoms with Crippen molar-refractivity contribution in [1.82, 2.24) is 24.7 Å². The van der Waals surface area contributed by atoms with E-state index < -0.39 is 0 Å². The predicted octanol–water partition coefficient (Wildman–Crippen LogP) is 2.19. The first-order valence-corrected chi connectivity index (χ1v) is 8.99. The quantitative estimate of drug-likeness (QED) is 0.761. The van der Waals surface area contributed by atoms with E-state index in [1.165, 1.54) is 11.3 Å². The fourth-order valence-electron chi connectivity index (χ4n) is 3.42. The molecule has 0 saturated carbocycles. The number of aryl methyl sites for hydroxylation is 1. The maximum absolute atomic E-state index is 11.7. The van der Waals surface area contributed by atoms with E-state index in [1.54, 1.807) is 6.20 Å². The van der Waals surface area contributed by atoms with Crippen LogP contribution in [0.5, 0.6) is 0 Å². The van der Waals surface area contributed by atoms with Crippen molar-refractivity contribution < 1.29 is 0 Å². The highest BCUT2D eigenvalue weighted by Gasteiger charge is 2.23. The molecule has 0 aliphatic carbocycles. The van der Waals surface area contributed by atoms with Gasteiger partial charge in [0.1, 0.15) is 5.02 Å². The minimum atomic E-state index is -0.371. The lowest BCUT2D eigenvalue weighted by molar-refractivity contribution is 0.657. The predicted molar refractivity (Wildman–Crippen MR) is 99.6 cm³/mol. The van der Waals surface area contributed by atoms with Gasteiger partial charge in [0.05, 0.1) is 37.0 Å². The average molecular weight is 371 g/mol. The van der Waals surface area contributed by atoms with E-state index in [0.29, 0.717) is 12.2 Å². The molecule has 4 heterocycles. The summed E-state index contributed by atoms with van der Waals surface area (Å²) in [5.74, 6) is 0. The molecule has 0 fully saturated rings. The fraction of sp³-hybridized carbons (Fsp3) is 0.333. The van der Waals surface area contributed by atoms with Crippen LogP contribution in [0, 0.1) is 0 Å². The lowest BCUT2D eigenvalue weighted by Crippen LogP contribution is -2.32. The van der Waals surface area contributed by atoms with Crippen LogP contribution in [-0.2, 0) is 25.9 Å². The number of halogens is 1. The molecule has 8 heteroatoms. The molecule has 3 aromatic heterocycles. The Bertz CT molecular complexity index is 995. The normalized spacial score (nSPS) is 13.7. The number of fused-ring (bicyclic) bond motifs is 1. The molecular formula is C18H19ClN6O. The summed E-state index contributed by atoms with van der Waals surface area (Å²) in [6, 6.07) is 4.09. The SMILES string of the molecule is CCc1ncccc1Cn1cnc2c1CCN(c1cn[nH]c(=O)c1Cl)C2. The number of aromatic amines is 1. The number of H-pyrrole nitrogens is 1. The van der Waals surface area contributed by atoms with Gasteiger partial charge in [-0.3, -0.25) is 9.78 Å². The Morgan fingerprint density at radius 1 is 1.35 bits per heavy atom. The van der Waals surface area contributed by atoms with Crippen LogP contribution in [-0.4, -0.2) is 31.3 Å². The Hall–Kier alpha value is -2.67. The fourth-order valence-corrected chi connectivity index (χ4v) is 3.63. The van der Waals surface area contributed by atoms with E-state index in [2.05, 4.69) is 37.7 Å². The van der Waals surface area contributed by atoms with Gasteiger partial charge >= 0.3 is 0 Å². The Morgan fingerprint density at radius 2 is 2.23 bits per heavy atom. The molecule has 1 N–H and O–H groups in total. The van der Waals surface area contributed by atoms with E-state index in [1.807, 2.05) is 23.5 Å². The number of hydrogen-bond donors (Lipinski definition) is 1. The van der Waals surface area contributed by atoms with Gasteiger partial charge in [-0.15, -0.1) is 0 Å². The van der Waals surface area contributed by atoms with Crippen molar-refractivity contribution >= 4 is 17.3 Å². The maximum atomic E-state index is 11.7. The zero-order valence-electron chi connectivity index (χ0n) is 14.4. The topological polar surface area (TPSA) is 79.7 Å². The third kappa shape index (κ3) is 2.99. The summed E-state index contributed by atoms with van der Waals surface area (Å²) in [5.41, 5.74) is 4.85. The molecule has 4 rings (SSSR count). The largest absolute Gasteiger partial charge is 0.362 e. The summed E-state index contributed by atoms with van der Waals surface area (Å²) in [4.78, 5) is 22.8. The number of pyridine rings is 1. The van der Waals surface area contributed by atoms with Crippen molar-refractivity contribution in [1.29, 1.82) is 0 Å². The third-order valence-electron chi connectivity index (χ3n) is 4.77. The van der Waals surface area contributed by atoms with Crippen LogP contribution in [0.3, 0.4) is 0 Å². The van der Waals surface area contributed by atoms with Crippen molar-refractivity contribution in [2.45, 2.75) is 32.9 Å². The maximum Gasteiger partial charge on any atom is 0.285 e. The molecule has 3 aromatic rings. The van der Waals surface area contributed by atoms with Gasteiger partial charge in [-0.05, 0) is 18.1 Å². The van der Waals surface area contributed by atoms with Crippen molar-refractivity contribution in [3.63, 3.8) is 0 Å². The molecule has 0 unspecified atom stereocenters. The molecule has 0 atom stereocenters. The summed E-state index contributed by atoms with van der Waals surface area (Å²) in [6.07, 6.45) is 7.06. The van der Waals surface area contributed by atoms with Gasteiger partial charge in [0.15, 0.2) is 0 Å². The number of rotatable bonds is 4. The zero-order valence-corrected chi connectivity index (χ0v) is 15.2. The van der Waals surface area contributed by atoms with Crippen LogP contribution in [0.1, 0.15) is 29.6 Å². The Labute approximate surface area is 155 Å². The van der Waals surface area contributed by atoms with Crippen molar-refractivity contribution in [3.05, 3.63) is 68.9 Å². The van der Waals surface area contributed by atoms with Crippen LogP contribution in [0.2, 0.25) is 5.02 Å². The zero-order chi connectivity index (χ0) is 18.1. The molecule has 1 aliphatic rings. The third-order valence-corrected chi connectivity index (χ3v) is 5.14. The van der Waals surface area contributed by atoms with E-state index in [0.717, 1.165) is 37.3 Å².